The largest absolute Gasteiger partial charge is 0.457 e. The van der Waals surface area contributed by atoms with Crippen LogP contribution in [0.1, 0.15) is 51.6 Å². The van der Waals surface area contributed by atoms with E-state index >= 15 is 0 Å². The molecule has 0 N–H and O–H groups in total. The van der Waals surface area contributed by atoms with Gasteiger partial charge in [-0.1, -0.05) is 60.7 Å². The van der Waals surface area contributed by atoms with Crippen LogP contribution in [0.4, 0.5) is 5.69 Å². The molecule has 3 aliphatic carbocycles. The van der Waals surface area contributed by atoms with Crippen molar-refractivity contribution in [3.05, 3.63) is 119 Å². The molecule has 6 nitrogen and oxygen atoms in total. The maximum Gasteiger partial charge on any atom is 0.379 e. The lowest BCUT2D eigenvalue weighted by molar-refractivity contribution is -0.128. The Hall–Kier alpha value is -4.45. The number of imide groups is 1. The van der Waals surface area contributed by atoms with Gasteiger partial charge in [0.15, 0.2) is 5.75 Å². The molecule has 8 rings (SSSR count). The molecule has 6 heteroatoms. The van der Waals surface area contributed by atoms with Crippen molar-refractivity contribution in [2.24, 2.45) is 11.3 Å². The van der Waals surface area contributed by atoms with Gasteiger partial charge in [0.25, 0.3) is 0 Å². The number of rotatable bonds is 3. The van der Waals surface area contributed by atoms with E-state index in [1.54, 1.807) is 30.3 Å². The lowest BCUT2D eigenvalue weighted by atomic mass is 9.48. The summed E-state index contributed by atoms with van der Waals surface area (Å²) in [5.41, 5.74) is 3.69. The van der Waals surface area contributed by atoms with Crippen LogP contribution in [0.3, 0.4) is 0 Å². The van der Waals surface area contributed by atoms with Crippen LogP contribution in [0.2, 0.25) is 0 Å². The molecule has 2 amide bonds. The summed E-state index contributed by atoms with van der Waals surface area (Å²) >= 11 is 0. The van der Waals surface area contributed by atoms with Crippen molar-refractivity contribution >= 4 is 23.5 Å². The van der Waals surface area contributed by atoms with Gasteiger partial charge in [0.2, 0.25) is 17.6 Å². The smallest absolute Gasteiger partial charge is 0.379 e. The second kappa shape index (κ2) is 7.28. The minimum Gasteiger partial charge on any atom is -0.457 e. The van der Waals surface area contributed by atoms with E-state index in [-0.39, 0.29) is 40.8 Å². The molecule has 36 heavy (non-hydrogen) atoms. The van der Waals surface area contributed by atoms with Gasteiger partial charge in [0.05, 0.1) is 23.3 Å². The van der Waals surface area contributed by atoms with Crippen LogP contribution in [0.25, 0.3) is 0 Å². The van der Waals surface area contributed by atoms with Crippen LogP contribution in [0.15, 0.2) is 95.6 Å². The van der Waals surface area contributed by atoms with E-state index in [4.69, 9.17) is 9.15 Å². The number of hydrogen-bond acceptors (Lipinski definition) is 5. The lowest BCUT2D eigenvalue weighted by Gasteiger charge is -2.51. The van der Waals surface area contributed by atoms with Gasteiger partial charge in [-0.05, 0) is 53.4 Å². The molecule has 3 aromatic carbocycles. The Kier molecular flexibility index (Phi) is 4.22. The van der Waals surface area contributed by atoms with Gasteiger partial charge in [0.1, 0.15) is 0 Å². The number of furan rings is 1. The van der Waals surface area contributed by atoms with Crippen molar-refractivity contribution in [2.75, 3.05) is 4.90 Å². The first-order chi connectivity index (χ1) is 17.5. The normalized spacial score (nSPS) is 25.4. The molecule has 2 atom stereocenters. The van der Waals surface area contributed by atoms with Crippen molar-refractivity contribution in [1.29, 1.82) is 0 Å². The summed E-state index contributed by atoms with van der Waals surface area (Å²) in [6.07, 6.45) is 1.38. The number of para-hydroxylation sites is 2. The fraction of sp³-hybridized carbons (Fsp3) is 0.167. The fourth-order valence-corrected chi connectivity index (χ4v) is 6.62. The number of nitrogens with zero attached hydrogens (tertiary/aromatic N) is 1. The first-order valence-electron chi connectivity index (χ1n) is 11.9. The Bertz CT molecular complexity index is 1520. The quantitative estimate of drug-likeness (QED) is 0.229. The van der Waals surface area contributed by atoms with Crippen LogP contribution in [0.5, 0.6) is 5.75 Å². The molecule has 1 saturated heterocycles. The summed E-state index contributed by atoms with van der Waals surface area (Å²) in [6, 6.07) is 26.0. The van der Waals surface area contributed by atoms with E-state index in [0.29, 0.717) is 0 Å². The number of ether oxygens (including phenoxy) is 1. The number of carbonyl (C=O) groups is 3. The maximum atomic E-state index is 14.3. The van der Waals surface area contributed by atoms with E-state index in [1.807, 2.05) is 31.2 Å². The standard InChI is InChI=1S/C30H21NO5/c1-30-25-19-11-4-2-9-17(19)24(18-10-3-5-12-20(18)25)26(30)27(32)31(29(30)34)21-13-6-7-14-22(21)36-28(33)23-15-8-16-35-23/h2-16,24-26H,1H3/t24?,25?,26-,30-/m0/s1. The summed E-state index contributed by atoms with van der Waals surface area (Å²) in [7, 11) is 0. The van der Waals surface area contributed by atoms with Gasteiger partial charge < -0.3 is 9.15 Å². The Morgan fingerprint density at radius 3 is 2.08 bits per heavy atom. The molecule has 0 radical (unpaired) electrons. The Labute approximate surface area is 207 Å². The van der Waals surface area contributed by atoms with E-state index in [2.05, 4.69) is 24.3 Å². The minimum absolute atomic E-state index is 0.0356. The van der Waals surface area contributed by atoms with Crippen LogP contribution in [-0.2, 0) is 9.59 Å². The molecule has 1 aromatic heterocycles. The molecule has 0 saturated carbocycles. The van der Waals surface area contributed by atoms with E-state index in [0.717, 1.165) is 22.3 Å². The highest BCUT2D eigenvalue weighted by Crippen LogP contribution is 2.67. The highest BCUT2D eigenvalue weighted by atomic mass is 16.5. The van der Waals surface area contributed by atoms with Crippen molar-refractivity contribution < 1.29 is 23.5 Å². The first-order valence-corrected chi connectivity index (χ1v) is 11.9. The van der Waals surface area contributed by atoms with Gasteiger partial charge in [-0.25, -0.2) is 9.69 Å². The van der Waals surface area contributed by atoms with Crippen molar-refractivity contribution in [3.8, 4) is 5.75 Å². The number of amides is 2. The summed E-state index contributed by atoms with van der Waals surface area (Å²) < 4.78 is 10.8. The highest BCUT2D eigenvalue weighted by molar-refractivity contribution is 6.25. The predicted molar refractivity (Wildman–Crippen MR) is 131 cm³/mol. The molecule has 4 aromatic rings. The molecule has 0 spiro atoms. The monoisotopic (exact) mass is 475 g/mol. The predicted octanol–water partition coefficient (Wildman–Crippen LogP) is 5.29. The molecule has 176 valence electrons. The SMILES string of the molecule is C[C@@]12C(=O)N(c3ccccc3OC(=O)c3ccco3)C(=O)[C@@H]1C1c3ccccc3C2c2ccccc21. The van der Waals surface area contributed by atoms with Crippen molar-refractivity contribution in [1.82, 2.24) is 0 Å². The van der Waals surface area contributed by atoms with Gasteiger partial charge in [-0.3, -0.25) is 9.59 Å². The molecule has 2 heterocycles. The Balaban J connectivity index is 1.37. The number of hydrogen-bond donors (Lipinski definition) is 0. The molecule has 2 bridgehead atoms. The number of carbonyl (C=O) groups excluding carboxylic acids is 3. The zero-order chi connectivity index (χ0) is 24.6. The van der Waals surface area contributed by atoms with E-state index in [9.17, 15) is 14.4 Å². The molecular weight excluding hydrogens is 454 g/mol. The third kappa shape index (κ3) is 2.53. The molecule has 1 fully saturated rings. The number of benzene rings is 3. The van der Waals surface area contributed by atoms with Gasteiger partial charge in [-0.15, -0.1) is 0 Å². The lowest BCUT2D eigenvalue weighted by Crippen LogP contribution is -2.49. The third-order valence-corrected chi connectivity index (χ3v) is 8.04. The highest BCUT2D eigenvalue weighted by Gasteiger charge is 2.69. The third-order valence-electron chi connectivity index (χ3n) is 8.04. The summed E-state index contributed by atoms with van der Waals surface area (Å²) in [6.45, 7) is 1.92. The first kappa shape index (κ1) is 20.9. The van der Waals surface area contributed by atoms with Crippen LogP contribution < -0.4 is 9.64 Å². The minimum atomic E-state index is -0.970. The summed E-state index contributed by atoms with van der Waals surface area (Å²) in [5, 5.41) is 0. The van der Waals surface area contributed by atoms with Crippen LogP contribution in [-0.4, -0.2) is 17.8 Å². The zero-order valence-corrected chi connectivity index (χ0v) is 19.4. The second-order valence-corrected chi connectivity index (χ2v) is 9.74. The average molecular weight is 476 g/mol. The van der Waals surface area contributed by atoms with Crippen molar-refractivity contribution in [3.63, 3.8) is 0 Å². The number of esters is 1. The molecule has 1 aliphatic heterocycles. The maximum absolute atomic E-state index is 14.3. The Morgan fingerprint density at radius 2 is 1.44 bits per heavy atom. The average Bonchev–Trinajstić information content (AvgIpc) is 3.51. The summed E-state index contributed by atoms with van der Waals surface area (Å²) in [5.74, 6) is -2.13. The van der Waals surface area contributed by atoms with Gasteiger partial charge in [-0.2, -0.15) is 0 Å². The van der Waals surface area contributed by atoms with E-state index < -0.39 is 17.3 Å². The summed E-state index contributed by atoms with van der Waals surface area (Å²) in [4.78, 5) is 42.3. The fourth-order valence-electron chi connectivity index (χ4n) is 6.62. The topological polar surface area (TPSA) is 76.8 Å². The Morgan fingerprint density at radius 1 is 0.833 bits per heavy atom. The van der Waals surface area contributed by atoms with Gasteiger partial charge >= 0.3 is 5.97 Å². The number of anilines is 1. The molecule has 0 unspecified atom stereocenters. The molecular formula is C30H21NO5. The molecule has 4 aliphatic rings. The van der Waals surface area contributed by atoms with Crippen LogP contribution >= 0.6 is 0 Å². The van der Waals surface area contributed by atoms with E-state index in [1.165, 1.54) is 17.2 Å². The zero-order valence-electron chi connectivity index (χ0n) is 19.4. The second-order valence-electron chi connectivity index (χ2n) is 9.74. The van der Waals surface area contributed by atoms with Crippen LogP contribution in [0, 0.1) is 11.3 Å². The van der Waals surface area contributed by atoms with Gasteiger partial charge in [0, 0.05) is 11.8 Å². The van der Waals surface area contributed by atoms with Crippen molar-refractivity contribution in [2.45, 2.75) is 18.8 Å².